The number of terminal acetylenes is 1. The van der Waals surface area contributed by atoms with E-state index in [1.807, 2.05) is 19.1 Å². The number of nitrogens with zero attached hydrogens (tertiary/aromatic N) is 2. The number of benzene rings is 1. The molecule has 0 unspecified atom stereocenters. The highest BCUT2D eigenvalue weighted by molar-refractivity contribution is 6.05. The predicted octanol–water partition coefficient (Wildman–Crippen LogP) is 3.27. The summed E-state index contributed by atoms with van der Waals surface area (Å²) >= 11 is 0. The van der Waals surface area contributed by atoms with Crippen molar-refractivity contribution >= 4 is 11.7 Å². The number of hydrogen-bond donors (Lipinski definition) is 0. The molecule has 0 aliphatic heterocycles. The minimum atomic E-state index is -0.115. The molecule has 116 valence electrons. The number of ether oxygens (including phenoxy) is 1. The third-order valence-corrected chi connectivity index (χ3v) is 3.66. The molecule has 1 fully saturated rings. The smallest absolute Gasteiger partial charge is 0.259 e. The van der Waals surface area contributed by atoms with Gasteiger partial charge in [-0.2, -0.15) is 0 Å². The molecular formula is C19H18N2O2. The van der Waals surface area contributed by atoms with Gasteiger partial charge in [-0.05, 0) is 50.1 Å². The van der Waals surface area contributed by atoms with Gasteiger partial charge >= 0.3 is 0 Å². The Morgan fingerprint density at radius 1 is 1.39 bits per heavy atom. The standard InChI is InChI=1S/C19H18N2O2/c1-3-14-10-11-20-18(12-14)21(4-2)19(22)15-6-5-7-17(13-15)23-16-8-9-16/h1,5-7,10-13,16H,4,8-9H2,2H3. The fourth-order valence-corrected chi connectivity index (χ4v) is 2.30. The maximum atomic E-state index is 12.8. The van der Waals surface area contributed by atoms with Crippen LogP contribution in [0.3, 0.4) is 0 Å². The molecule has 1 aliphatic rings. The third kappa shape index (κ3) is 3.51. The van der Waals surface area contributed by atoms with Crippen LogP contribution in [0.1, 0.15) is 35.7 Å². The van der Waals surface area contributed by atoms with E-state index in [2.05, 4.69) is 10.9 Å². The highest BCUT2D eigenvalue weighted by Crippen LogP contribution is 2.27. The first-order chi connectivity index (χ1) is 11.2. The largest absolute Gasteiger partial charge is 0.490 e. The summed E-state index contributed by atoms with van der Waals surface area (Å²) in [6, 6.07) is 10.8. The summed E-state index contributed by atoms with van der Waals surface area (Å²) in [5.74, 6) is 3.74. The van der Waals surface area contributed by atoms with Crippen molar-refractivity contribution in [3.63, 3.8) is 0 Å². The molecular weight excluding hydrogens is 288 g/mol. The van der Waals surface area contributed by atoms with Gasteiger partial charge in [0, 0.05) is 23.9 Å². The van der Waals surface area contributed by atoms with E-state index < -0.39 is 0 Å². The second kappa shape index (κ2) is 6.53. The number of aromatic nitrogens is 1. The molecule has 1 aromatic carbocycles. The summed E-state index contributed by atoms with van der Waals surface area (Å²) in [5.41, 5.74) is 1.28. The zero-order valence-corrected chi connectivity index (χ0v) is 13.0. The normalized spacial score (nSPS) is 13.2. The summed E-state index contributed by atoms with van der Waals surface area (Å²) < 4.78 is 5.76. The maximum Gasteiger partial charge on any atom is 0.259 e. The van der Waals surface area contributed by atoms with Gasteiger partial charge in [-0.15, -0.1) is 6.42 Å². The van der Waals surface area contributed by atoms with E-state index in [4.69, 9.17) is 11.2 Å². The fourth-order valence-electron chi connectivity index (χ4n) is 2.30. The molecule has 0 saturated heterocycles. The van der Waals surface area contributed by atoms with E-state index in [1.165, 1.54) is 0 Å². The number of rotatable bonds is 5. The molecule has 0 radical (unpaired) electrons. The first-order valence-electron chi connectivity index (χ1n) is 7.72. The van der Waals surface area contributed by atoms with Crippen LogP contribution in [-0.2, 0) is 0 Å². The van der Waals surface area contributed by atoms with Crippen LogP contribution in [0.2, 0.25) is 0 Å². The zero-order chi connectivity index (χ0) is 16.2. The Bertz CT molecular complexity index is 760. The number of anilines is 1. The van der Waals surface area contributed by atoms with Gasteiger partial charge in [0.25, 0.3) is 5.91 Å². The molecule has 1 aromatic heterocycles. The topological polar surface area (TPSA) is 42.4 Å². The molecule has 0 N–H and O–H groups in total. The van der Waals surface area contributed by atoms with Crippen LogP contribution < -0.4 is 9.64 Å². The summed E-state index contributed by atoms with van der Waals surface area (Å²) in [4.78, 5) is 18.7. The van der Waals surface area contributed by atoms with E-state index in [0.29, 0.717) is 29.6 Å². The van der Waals surface area contributed by atoms with E-state index in [-0.39, 0.29) is 5.91 Å². The second-order valence-electron chi connectivity index (χ2n) is 5.44. The molecule has 23 heavy (non-hydrogen) atoms. The molecule has 1 amide bonds. The lowest BCUT2D eigenvalue weighted by Gasteiger charge is -2.20. The van der Waals surface area contributed by atoms with Gasteiger partial charge in [0.15, 0.2) is 0 Å². The summed E-state index contributed by atoms with van der Waals surface area (Å²) in [6.07, 6.45) is 9.51. The predicted molar refractivity (Wildman–Crippen MR) is 89.6 cm³/mol. The summed E-state index contributed by atoms with van der Waals surface area (Å²) in [7, 11) is 0. The van der Waals surface area contributed by atoms with Crippen LogP contribution in [0.4, 0.5) is 5.82 Å². The number of hydrogen-bond acceptors (Lipinski definition) is 3. The Labute approximate surface area is 136 Å². The van der Waals surface area contributed by atoms with Crippen LogP contribution in [0.25, 0.3) is 0 Å². The van der Waals surface area contributed by atoms with Crippen molar-refractivity contribution in [1.29, 1.82) is 0 Å². The Hall–Kier alpha value is -2.80. The first kappa shape index (κ1) is 15.1. The van der Waals surface area contributed by atoms with Gasteiger partial charge in [0.2, 0.25) is 0 Å². The fraction of sp³-hybridized carbons (Fsp3) is 0.263. The van der Waals surface area contributed by atoms with Crippen molar-refractivity contribution in [3.8, 4) is 18.1 Å². The second-order valence-corrected chi connectivity index (χ2v) is 5.44. The van der Waals surface area contributed by atoms with Gasteiger partial charge in [-0.25, -0.2) is 4.98 Å². The molecule has 0 atom stereocenters. The summed E-state index contributed by atoms with van der Waals surface area (Å²) in [6.45, 7) is 2.42. The molecule has 4 nitrogen and oxygen atoms in total. The van der Waals surface area contributed by atoms with Gasteiger partial charge in [-0.3, -0.25) is 9.69 Å². The minimum Gasteiger partial charge on any atom is -0.490 e. The van der Waals surface area contributed by atoms with Crippen molar-refractivity contribution in [3.05, 3.63) is 53.7 Å². The van der Waals surface area contributed by atoms with Gasteiger partial charge < -0.3 is 4.74 Å². The summed E-state index contributed by atoms with van der Waals surface area (Å²) in [5, 5.41) is 0. The molecule has 3 rings (SSSR count). The molecule has 0 spiro atoms. The lowest BCUT2D eigenvalue weighted by Crippen LogP contribution is -2.31. The molecule has 1 aliphatic carbocycles. The Balaban J connectivity index is 1.85. The van der Waals surface area contributed by atoms with Gasteiger partial charge in [0.1, 0.15) is 11.6 Å². The molecule has 1 saturated carbocycles. The van der Waals surface area contributed by atoms with E-state index in [1.54, 1.807) is 35.4 Å². The van der Waals surface area contributed by atoms with Crippen molar-refractivity contribution < 1.29 is 9.53 Å². The van der Waals surface area contributed by atoms with E-state index in [9.17, 15) is 4.79 Å². The van der Waals surface area contributed by atoms with Crippen LogP contribution >= 0.6 is 0 Å². The molecule has 4 heteroatoms. The van der Waals surface area contributed by atoms with Gasteiger partial charge in [0.05, 0.1) is 6.10 Å². The number of carbonyl (C=O) groups is 1. The van der Waals surface area contributed by atoms with Crippen LogP contribution in [0.5, 0.6) is 5.75 Å². The van der Waals surface area contributed by atoms with Gasteiger partial charge in [-0.1, -0.05) is 12.0 Å². The van der Waals surface area contributed by atoms with Crippen LogP contribution in [0.15, 0.2) is 42.6 Å². The van der Waals surface area contributed by atoms with Crippen molar-refractivity contribution in [2.24, 2.45) is 0 Å². The Kier molecular flexibility index (Phi) is 4.29. The first-order valence-corrected chi connectivity index (χ1v) is 7.72. The van der Waals surface area contributed by atoms with E-state index in [0.717, 1.165) is 18.6 Å². The average molecular weight is 306 g/mol. The highest BCUT2D eigenvalue weighted by atomic mass is 16.5. The minimum absolute atomic E-state index is 0.115. The Morgan fingerprint density at radius 2 is 2.22 bits per heavy atom. The molecule has 0 bridgehead atoms. The average Bonchev–Trinajstić information content (AvgIpc) is 3.40. The number of carbonyl (C=O) groups excluding carboxylic acids is 1. The molecule has 1 heterocycles. The molecule has 2 aromatic rings. The van der Waals surface area contributed by atoms with E-state index >= 15 is 0 Å². The number of pyridine rings is 1. The highest BCUT2D eigenvalue weighted by Gasteiger charge is 2.24. The number of amides is 1. The van der Waals surface area contributed by atoms with Crippen molar-refractivity contribution in [1.82, 2.24) is 4.98 Å². The quantitative estimate of drug-likeness (QED) is 0.796. The lowest BCUT2D eigenvalue weighted by atomic mass is 10.1. The monoisotopic (exact) mass is 306 g/mol. The third-order valence-electron chi connectivity index (χ3n) is 3.66. The Morgan fingerprint density at radius 3 is 2.91 bits per heavy atom. The van der Waals surface area contributed by atoms with Crippen LogP contribution in [0, 0.1) is 12.3 Å². The SMILES string of the molecule is C#Cc1ccnc(N(CC)C(=O)c2cccc(OC3CC3)c2)c1. The van der Waals surface area contributed by atoms with Crippen molar-refractivity contribution in [2.75, 3.05) is 11.4 Å². The zero-order valence-electron chi connectivity index (χ0n) is 13.0. The lowest BCUT2D eigenvalue weighted by molar-refractivity contribution is 0.0987. The van der Waals surface area contributed by atoms with Crippen LogP contribution in [-0.4, -0.2) is 23.5 Å². The maximum absolute atomic E-state index is 12.8. The van der Waals surface area contributed by atoms with Crippen molar-refractivity contribution in [2.45, 2.75) is 25.9 Å².